The van der Waals surface area contributed by atoms with Gasteiger partial charge in [0.05, 0.1) is 30.6 Å². The lowest BCUT2D eigenvalue weighted by molar-refractivity contribution is -0.116. The van der Waals surface area contributed by atoms with Crippen LogP contribution in [0.1, 0.15) is 13.8 Å². The van der Waals surface area contributed by atoms with E-state index in [2.05, 4.69) is 34.0 Å². The predicted octanol–water partition coefficient (Wildman–Crippen LogP) is 2.27. The van der Waals surface area contributed by atoms with Crippen LogP contribution in [0.3, 0.4) is 0 Å². The van der Waals surface area contributed by atoms with E-state index in [4.69, 9.17) is 14.2 Å². The van der Waals surface area contributed by atoms with Crippen molar-refractivity contribution in [2.75, 3.05) is 66.0 Å². The Labute approximate surface area is 205 Å². The van der Waals surface area contributed by atoms with E-state index in [0.717, 1.165) is 19.6 Å². The average molecular weight is 484 g/mol. The van der Waals surface area contributed by atoms with Gasteiger partial charge < -0.3 is 29.3 Å². The zero-order valence-corrected chi connectivity index (χ0v) is 21.0. The number of fused-ring (bicyclic) bond motifs is 1. The van der Waals surface area contributed by atoms with Gasteiger partial charge in [0.15, 0.2) is 11.5 Å². The molecular formula is C25H33N5O5. The molecule has 0 unspecified atom stereocenters. The maximum Gasteiger partial charge on any atom is 0.204 e. The number of ketones is 2. The topological polar surface area (TPSA) is 106 Å². The number of anilines is 1. The van der Waals surface area contributed by atoms with Gasteiger partial charge in [0, 0.05) is 50.9 Å². The van der Waals surface area contributed by atoms with E-state index < -0.39 is 0 Å². The molecule has 10 heteroatoms. The van der Waals surface area contributed by atoms with Crippen LogP contribution in [0, 0.1) is 0 Å². The Bertz CT molecular complexity index is 1130. The minimum absolute atomic E-state index is 0.148. The van der Waals surface area contributed by atoms with Crippen LogP contribution < -0.4 is 14.8 Å². The van der Waals surface area contributed by atoms with Crippen molar-refractivity contribution in [3.8, 4) is 11.5 Å². The van der Waals surface area contributed by atoms with Crippen LogP contribution in [-0.2, 0) is 14.3 Å². The summed E-state index contributed by atoms with van der Waals surface area (Å²) in [6.45, 7) is 8.31. The molecule has 0 bridgehead atoms. The number of hydrogen-bond acceptors (Lipinski definition) is 10. The monoisotopic (exact) mass is 483 g/mol. The van der Waals surface area contributed by atoms with E-state index in [9.17, 15) is 9.59 Å². The van der Waals surface area contributed by atoms with Gasteiger partial charge in [-0.25, -0.2) is 9.97 Å². The summed E-state index contributed by atoms with van der Waals surface area (Å²) < 4.78 is 16.2. The van der Waals surface area contributed by atoms with Crippen molar-refractivity contribution >= 4 is 28.3 Å². The molecule has 0 aliphatic heterocycles. The van der Waals surface area contributed by atoms with Crippen molar-refractivity contribution in [2.24, 2.45) is 0 Å². The normalized spacial score (nSPS) is 13.7. The van der Waals surface area contributed by atoms with E-state index >= 15 is 0 Å². The van der Waals surface area contributed by atoms with Gasteiger partial charge in [-0.1, -0.05) is 13.8 Å². The van der Waals surface area contributed by atoms with Crippen molar-refractivity contribution in [3.63, 3.8) is 0 Å². The first-order chi connectivity index (χ1) is 16.9. The lowest BCUT2D eigenvalue weighted by Gasteiger charge is -2.26. The second-order valence-electron chi connectivity index (χ2n) is 7.97. The van der Waals surface area contributed by atoms with Crippen molar-refractivity contribution in [3.05, 3.63) is 42.0 Å². The second kappa shape index (κ2) is 12.3. The van der Waals surface area contributed by atoms with Crippen LogP contribution >= 0.6 is 0 Å². The summed E-state index contributed by atoms with van der Waals surface area (Å²) in [6, 6.07) is 3.47. The van der Waals surface area contributed by atoms with Gasteiger partial charge in [-0.05, 0) is 19.2 Å². The highest BCUT2D eigenvalue weighted by Gasteiger charge is 2.24. The van der Waals surface area contributed by atoms with Crippen LogP contribution in [0.2, 0.25) is 0 Å². The number of carbonyl (C=O) groups is 2. The summed E-state index contributed by atoms with van der Waals surface area (Å²) in [6.07, 6.45) is 4.08. The number of nitrogens with one attached hydrogen (secondary N) is 1. The Hall–Kier alpha value is -3.50. The summed E-state index contributed by atoms with van der Waals surface area (Å²) in [5, 5.41) is 3.63. The zero-order valence-electron chi connectivity index (χ0n) is 21.0. The highest BCUT2D eigenvalue weighted by atomic mass is 16.5. The van der Waals surface area contributed by atoms with Crippen molar-refractivity contribution < 1.29 is 23.8 Å². The fraction of sp³-hybridized carbons (Fsp3) is 0.440. The highest BCUT2D eigenvalue weighted by molar-refractivity contribution is 6.21. The molecule has 0 fully saturated rings. The predicted molar refractivity (Wildman–Crippen MR) is 134 cm³/mol. The zero-order chi connectivity index (χ0) is 25.4. The lowest BCUT2D eigenvalue weighted by Crippen LogP contribution is -2.35. The van der Waals surface area contributed by atoms with Crippen LogP contribution in [0.15, 0.2) is 42.0 Å². The number of ether oxygens (including phenoxy) is 3. The van der Waals surface area contributed by atoms with Gasteiger partial charge in [0.25, 0.3) is 0 Å². The van der Waals surface area contributed by atoms with E-state index in [1.807, 2.05) is 11.9 Å². The van der Waals surface area contributed by atoms with Crippen molar-refractivity contribution in [1.82, 2.24) is 19.8 Å². The molecule has 0 amide bonds. The Kier molecular flexibility index (Phi) is 9.16. The largest absolute Gasteiger partial charge is 0.493 e. The van der Waals surface area contributed by atoms with Crippen LogP contribution in [-0.4, -0.2) is 92.0 Å². The summed E-state index contributed by atoms with van der Waals surface area (Å²) in [4.78, 5) is 38.4. The molecule has 1 aromatic carbocycles. The first-order valence-corrected chi connectivity index (χ1v) is 11.6. The van der Waals surface area contributed by atoms with Crippen molar-refractivity contribution in [1.29, 1.82) is 0 Å². The molecule has 3 rings (SSSR count). The maximum absolute atomic E-state index is 12.9. The first kappa shape index (κ1) is 26.1. The van der Waals surface area contributed by atoms with Gasteiger partial charge >= 0.3 is 0 Å². The lowest BCUT2D eigenvalue weighted by atomic mass is 10.1. The minimum atomic E-state index is -0.299. The standard InChI is InChI=1S/C25H33N5O5/c1-6-30(7-2)9-8-29(3)20-15-21(31)19(13-22(20)32)28-25-17-12-23(34-5)24(35-11-10-33-4)14-18(17)26-16-27-25/h12-16H,6-11H2,1-5H3,(H,26,27,28). The summed E-state index contributed by atoms with van der Waals surface area (Å²) in [5.41, 5.74) is 1.12. The van der Waals surface area contributed by atoms with Gasteiger partial charge in [0.1, 0.15) is 18.8 Å². The Morgan fingerprint density at radius 2 is 1.71 bits per heavy atom. The third-order valence-electron chi connectivity index (χ3n) is 5.84. The maximum atomic E-state index is 12.9. The van der Waals surface area contributed by atoms with E-state index in [1.165, 1.54) is 25.6 Å². The van der Waals surface area contributed by atoms with Crippen LogP contribution in [0.4, 0.5) is 5.82 Å². The molecule has 1 aliphatic rings. The molecule has 0 saturated heterocycles. The van der Waals surface area contributed by atoms with Crippen LogP contribution in [0.25, 0.3) is 10.9 Å². The summed E-state index contributed by atoms with van der Waals surface area (Å²) >= 11 is 0. The molecule has 0 radical (unpaired) electrons. The Morgan fingerprint density at radius 1 is 0.943 bits per heavy atom. The smallest absolute Gasteiger partial charge is 0.204 e. The Morgan fingerprint density at radius 3 is 2.40 bits per heavy atom. The minimum Gasteiger partial charge on any atom is -0.493 e. The number of nitrogens with zero attached hydrogens (tertiary/aromatic N) is 4. The molecule has 1 aliphatic carbocycles. The van der Waals surface area contributed by atoms with Gasteiger partial charge in [0.2, 0.25) is 11.6 Å². The van der Waals surface area contributed by atoms with E-state index in [1.54, 1.807) is 19.2 Å². The molecule has 188 valence electrons. The number of hydrogen-bond donors (Lipinski definition) is 1. The summed E-state index contributed by atoms with van der Waals surface area (Å²) in [7, 11) is 4.96. The SMILES string of the molecule is CCN(CC)CCN(C)C1=CC(=O)C(Nc2ncnc3cc(OCCOC)c(OC)cc23)=CC1=O. The number of likely N-dealkylation sites (N-methyl/N-ethyl adjacent to an activating group) is 2. The molecule has 1 aromatic heterocycles. The van der Waals surface area contributed by atoms with Gasteiger partial charge in [-0.15, -0.1) is 0 Å². The van der Waals surface area contributed by atoms with E-state index in [0.29, 0.717) is 53.7 Å². The molecule has 35 heavy (non-hydrogen) atoms. The number of allylic oxidation sites excluding steroid dienone is 2. The number of rotatable bonds is 13. The van der Waals surface area contributed by atoms with E-state index in [-0.39, 0.29) is 17.3 Å². The molecule has 10 nitrogen and oxygen atoms in total. The molecule has 0 spiro atoms. The Balaban J connectivity index is 1.79. The number of carbonyl (C=O) groups excluding carboxylic acids is 2. The molecular weight excluding hydrogens is 450 g/mol. The van der Waals surface area contributed by atoms with Crippen molar-refractivity contribution in [2.45, 2.75) is 13.8 Å². The number of benzene rings is 1. The fourth-order valence-corrected chi connectivity index (χ4v) is 3.70. The third-order valence-corrected chi connectivity index (χ3v) is 5.84. The number of methoxy groups -OCH3 is 2. The highest BCUT2D eigenvalue weighted by Crippen LogP contribution is 2.34. The molecule has 0 atom stereocenters. The van der Waals surface area contributed by atoms with Gasteiger partial charge in [-0.2, -0.15) is 0 Å². The summed E-state index contributed by atoms with van der Waals surface area (Å²) in [5.74, 6) is 0.857. The first-order valence-electron chi connectivity index (χ1n) is 11.6. The van der Waals surface area contributed by atoms with Gasteiger partial charge in [-0.3, -0.25) is 9.59 Å². The second-order valence-corrected chi connectivity index (χ2v) is 7.97. The van der Waals surface area contributed by atoms with Crippen LogP contribution in [0.5, 0.6) is 11.5 Å². The quantitative estimate of drug-likeness (QED) is 0.337. The number of aromatic nitrogens is 2. The molecule has 1 heterocycles. The average Bonchev–Trinajstić information content (AvgIpc) is 2.86. The molecule has 0 saturated carbocycles. The molecule has 2 aromatic rings. The third kappa shape index (κ3) is 6.34. The fourth-order valence-electron chi connectivity index (χ4n) is 3.70. The molecule has 1 N–H and O–H groups in total.